The SMILES string of the molecule is CCC(C)N(CC(=O)N(CCc1ccccc1)Cc1ccc(C)o1)C(=O)Cc1ccccc1. The lowest BCUT2D eigenvalue weighted by molar-refractivity contribution is -0.142. The molecule has 5 nitrogen and oxygen atoms in total. The number of hydrogen-bond acceptors (Lipinski definition) is 3. The first-order valence-corrected chi connectivity index (χ1v) is 11.7. The van der Waals surface area contributed by atoms with E-state index in [1.807, 2.05) is 81.4 Å². The van der Waals surface area contributed by atoms with Crippen LogP contribution in [0, 0.1) is 6.92 Å². The largest absolute Gasteiger partial charge is 0.464 e. The van der Waals surface area contributed by atoms with E-state index in [1.165, 1.54) is 5.56 Å². The monoisotopic (exact) mass is 446 g/mol. The van der Waals surface area contributed by atoms with E-state index in [0.29, 0.717) is 19.5 Å². The van der Waals surface area contributed by atoms with Crippen molar-refractivity contribution in [3.63, 3.8) is 0 Å². The molecule has 2 aromatic carbocycles. The summed E-state index contributed by atoms with van der Waals surface area (Å²) in [6.07, 6.45) is 1.82. The van der Waals surface area contributed by atoms with Gasteiger partial charge in [-0.3, -0.25) is 9.59 Å². The lowest BCUT2D eigenvalue weighted by atomic mass is 10.1. The zero-order valence-corrected chi connectivity index (χ0v) is 19.9. The second-order valence-electron chi connectivity index (χ2n) is 8.50. The molecule has 33 heavy (non-hydrogen) atoms. The number of carbonyl (C=O) groups excluding carboxylic acids is 2. The van der Waals surface area contributed by atoms with Gasteiger partial charge in [0.05, 0.1) is 13.0 Å². The van der Waals surface area contributed by atoms with E-state index >= 15 is 0 Å². The second-order valence-corrected chi connectivity index (χ2v) is 8.50. The van der Waals surface area contributed by atoms with Crippen molar-refractivity contribution < 1.29 is 14.0 Å². The minimum atomic E-state index is -0.0679. The number of aryl methyl sites for hydroxylation is 1. The van der Waals surface area contributed by atoms with Gasteiger partial charge in [-0.2, -0.15) is 0 Å². The molecule has 0 saturated heterocycles. The third kappa shape index (κ3) is 7.35. The van der Waals surface area contributed by atoms with Crippen molar-refractivity contribution in [1.29, 1.82) is 0 Å². The number of rotatable bonds is 11. The highest BCUT2D eigenvalue weighted by molar-refractivity contribution is 5.86. The Morgan fingerprint density at radius 2 is 1.52 bits per heavy atom. The molecule has 0 saturated carbocycles. The summed E-state index contributed by atoms with van der Waals surface area (Å²) in [7, 11) is 0. The molecular weight excluding hydrogens is 412 g/mol. The predicted octanol–water partition coefficient (Wildman–Crippen LogP) is 5.03. The normalized spacial score (nSPS) is 11.7. The molecule has 0 aliphatic rings. The topological polar surface area (TPSA) is 53.8 Å². The van der Waals surface area contributed by atoms with Crippen molar-refractivity contribution in [3.05, 3.63) is 95.4 Å². The predicted molar refractivity (Wildman–Crippen MR) is 131 cm³/mol. The Bertz CT molecular complexity index is 1010. The molecule has 0 bridgehead atoms. The molecule has 174 valence electrons. The molecule has 1 unspecified atom stereocenters. The number of nitrogens with zero attached hydrogens (tertiary/aromatic N) is 2. The van der Waals surface area contributed by atoms with Gasteiger partial charge in [-0.05, 0) is 49.9 Å². The van der Waals surface area contributed by atoms with Gasteiger partial charge in [0.25, 0.3) is 0 Å². The van der Waals surface area contributed by atoms with E-state index in [2.05, 4.69) is 12.1 Å². The minimum Gasteiger partial charge on any atom is -0.464 e. The molecule has 0 N–H and O–H groups in total. The van der Waals surface area contributed by atoms with Crippen LogP contribution in [0.4, 0.5) is 0 Å². The van der Waals surface area contributed by atoms with Crippen molar-refractivity contribution in [2.75, 3.05) is 13.1 Å². The third-order valence-electron chi connectivity index (χ3n) is 5.96. The summed E-state index contributed by atoms with van der Waals surface area (Å²) in [5.41, 5.74) is 2.13. The van der Waals surface area contributed by atoms with Crippen LogP contribution in [0.25, 0.3) is 0 Å². The summed E-state index contributed by atoms with van der Waals surface area (Å²) >= 11 is 0. The Balaban J connectivity index is 1.73. The van der Waals surface area contributed by atoms with Gasteiger partial charge in [-0.25, -0.2) is 0 Å². The molecule has 0 radical (unpaired) electrons. The first-order valence-electron chi connectivity index (χ1n) is 11.7. The van der Waals surface area contributed by atoms with E-state index in [0.717, 1.165) is 29.9 Å². The van der Waals surface area contributed by atoms with Gasteiger partial charge in [0.1, 0.15) is 18.1 Å². The minimum absolute atomic E-state index is 0.0213. The molecule has 1 heterocycles. The van der Waals surface area contributed by atoms with Crippen LogP contribution >= 0.6 is 0 Å². The maximum absolute atomic E-state index is 13.5. The molecule has 2 amide bonds. The van der Waals surface area contributed by atoms with E-state index in [9.17, 15) is 9.59 Å². The van der Waals surface area contributed by atoms with Gasteiger partial charge < -0.3 is 14.2 Å². The lowest BCUT2D eigenvalue weighted by Gasteiger charge is -2.31. The number of furan rings is 1. The Kier molecular flexibility index (Phi) is 8.87. The van der Waals surface area contributed by atoms with Crippen molar-refractivity contribution >= 4 is 11.8 Å². The fraction of sp³-hybridized carbons (Fsp3) is 0.357. The molecule has 5 heteroatoms. The zero-order valence-electron chi connectivity index (χ0n) is 19.9. The van der Waals surface area contributed by atoms with Crippen molar-refractivity contribution in [2.24, 2.45) is 0 Å². The standard InChI is InChI=1S/C28H34N2O3/c1-4-22(2)30(27(31)19-25-13-9-6-10-14-25)21-28(32)29(20-26-16-15-23(3)33-26)18-17-24-11-7-5-8-12-24/h5-16,22H,4,17-21H2,1-3H3. The van der Waals surface area contributed by atoms with Gasteiger partial charge >= 0.3 is 0 Å². The lowest BCUT2D eigenvalue weighted by Crippen LogP contribution is -2.47. The first kappa shape index (κ1) is 24.3. The molecule has 3 aromatic rings. The highest BCUT2D eigenvalue weighted by Crippen LogP contribution is 2.14. The summed E-state index contributed by atoms with van der Waals surface area (Å²) in [4.78, 5) is 30.1. The van der Waals surface area contributed by atoms with Crippen molar-refractivity contribution in [1.82, 2.24) is 9.80 Å². The third-order valence-corrected chi connectivity index (χ3v) is 5.96. The van der Waals surface area contributed by atoms with Gasteiger partial charge in [0.15, 0.2) is 0 Å². The molecule has 0 aliphatic heterocycles. The van der Waals surface area contributed by atoms with Crippen LogP contribution in [-0.4, -0.2) is 40.7 Å². The van der Waals surface area contributed by atoms with Gasteiger partial charge in [0.2, 0.25) is 11.8 Å². The maximum Gasteiger partial charge on any atom is 0.242 e. The average Bonchev–Trinajstić information content (AvgIpc) is 3.25. The number of hydrogen-bond donors (Lipinski definition) is 0. The fourth-order valence-electron chi connectivity index (χ4n) is 3.79. The Hall–Kier alpha value is -3.34. The Labute approximate surface area is 197 Å². The highest BCUT2D eigenvalue weighted by atomic mass is 16.3. The van der Waals surface area contributed by atoms with Crippen LogP contribution in [0.5, 0.6) is 0 Å². The summed E-state index contributed by atoms with van der Waals surface area (Å²) < 4.78 is 5.74. The summed E-state index contributed by atoms with van der Waals surface area (Å²) in [5, 5.41) is 0. The van der Waals surface area contributed by atoms with E-state index in [1.54, 1.807) is 9.80 Å². The molecule has 0 aliphatic carbocycles. The van der Waals surface area contributed by atoms with E-state index in [-0.39, 0.29) is 24.4 Å². The van der Waals surface area contributed by atoms with Crippen LogP contribution in [0.2, 0.25) is 0 Å². The Morgan fingerprint density at radius 1 is 0.879 bits per heavy atom. The number of amides is 2. The quantitative estimate of drug-likeness (QED) is 0.415. The summed E-state index contributed by atoms with van der Waals surface area (Å²) in [6, 6.07) is 23.6. The summed E-state index contributed by atoms with van der Waals surface area (Å²) in [5.74, 6) is 1.47. The fourth-order valence-corrected chi connectivity index (χ4v) is 3.79. The van der Waals surface area contributed by atoms with Crippen molar-refractivity contribution in [3.8, 4) is 0 Å². The first-order chi connectivity index (χ1) is 16.0. The number of benzene rings is 2. The molecular formula is C28H34N2O3. The molecule has 0 spiro atoms. The average molecular weight is 447 g/mol. The second kappa shape index (κ2) is 12.0. The molecule has 1 aromatic heterocycles. The molecule has 0 fully saturated rings. The van der Waals surface area contributed by atoms with Crippen LogP contribution in [0.3, 0.4) is 0 Å². The van der Waals surface area contributed by atoms with E-state index < -0.39 is 0 Å². The van der Waals surface area contributed by atoms with E-state index in [4.69, 9.17) is 4.42 Å². The van der Waals surface area contributed by atoms with Gasteiger partial charge in [-0.15, -0.1) is 0 Å². The zero-order chi connectivity index (χ0) is 23.6. The van der Waals surface area contributed by atoms with Crippen LogP contribution in [0.15, 0.2) is 77.2 Å². The number of carbonyl (C=O) groups is 2. The maximum atomic E-state index is 13.5. The van der Waals surface area contributed by atoms with Crippen LogP contribution in [-0.2, 0) is 29.0 Å². The van der Waals surface area contributed by atoms with Gasteiger partial charge in [-0.1, -0.05) is 67.6 Å². The van der Waals surface area contributed by atoms with Gasteiger partial charge in [0, 0.05) is 12.6 Å². The van der Waals surface area contributed by atoms with Crippen LogP contribution in [0.1, 0.15) is 42.9 Å². The van der Waals surface area contributed by atoms with Crippen molar-refractivity contribution in [2.45, 2.75) is 52.6 Å². The smallest absolute Gasteiger partial charge is 0.242 e. The molecule has 1 atom stereocenters. The summed E-state index contributed by atoms with van der Waals surface area (Å²) in [6.45, 7) is 6.95. The Morgan fingerprint density at radius 3 is 2.09 bits per heavy atom. The van der Waals surface area contributed by atoms with Crippen LogP contribution < -0.4 is 0 Å². The molecule has 3 rings (SSSR count). The highest BCUT2D eigenvalue weighted by Gasteiger charge is 2.25.